The summed E-state index contributed by atoms with van der Waals surface area (Å²) in [7, 11) is -3.46. The second-order valence-corrected chi connectivity index (χ2v) is 8.97. The van der Waals surface area contributed by atoms with E-state index in [2.05, 4.69) is 4.52 Å². The molecule has 1 atom stereocenters. The van der Waals surface area contributed by atoms with Crippen molar-refractivity contribution < 1.29 is 58.9 Å². The van der Waals surface area contributed by atoms with Gasteiger partial charge in [-0.05, 0) is 30.2 Å². The minimum absolute atomic E-state index is 0. The van der Waals surface area contributed by atoms with Crippen molar-refractivity contribution in [2.75, 3.05) is 19.7 Å². The van der Waals surface area contributed by atoms with Gasteiger partial charge in [0, 0.05) is 23.3 Å². The molecule has 0 saturated heterocycles. The number of carbonyl (C=O) groups excluding carboxylic acids is 1. The summed E-state index contributed by atoms with van der Waals surface area (Å²) in [4.78, 5) is 31.4. The van der Waals surface area contributed by atoms with Crippen LogP contribution in [0.25, 0.3) is 6.08 Å². The van der Waals surface area contributed by atoms with Gasteiger partial charge in [-0.25, -0.2) is 4.57 Å². The van der Waals surface area contributed by atoms with E-state index in [-0.39, 0.29) is 74.8 Å². The molecule has 0 fully saturated rings. The van der Waals surface area contributed by atoms with Crippen molar-refractivity contribution in [2.45, 2.75) is 18.2 Å². The van der Waals surface area contributed by atoms with Crippen LogP contribution in [0.2, 0.25) is 0 Å². The van der Waals surface area contributed by atoms with E-state index in [9.17, 15) is 13.9 Å². The van der Waals surface area contributed by atoms with Gasteiger partial charge in [-0.15, -0.1) is 0 Å². The van der Waals surface area contributed by atoms with E-state index in [0.717, 1.165) is 6.42 Å². The Morgan fingerprint density at radius 3 is 2.46 bits per heavy atom. The molecule has 0 radical (unpaired) electrons. The van der Waals surface area contributed by atoms with Crippen LogP contribution in [0.15, 0.2) is 41.3 Å². The van der Waals surface area contributed by atoms with E-state index in [1.165, 1.54) is 37.5 Å². The van der Waals surface area contributed by atoms with Gasteiger partial charge in [0.25, 0.3) is 5.94 Å². The van der Waals surface area contributed by atoms with E-state index in [0.29, 0.717) is 28.6 Å². The topological polar surface area (TPSA) is 229 Å². The summed E-state index contributed by atoms with van der Waals surface area (Å²) in [5.41, 5.74) is 0.703. The van der Waals surface area contributed by atoms with Crippen molar-refractivity contribution in [3.63, 3.8) is 0 Å². The molecule has 0 aliphatic carbocycles. The van der Waals surface area contributed by atoms with Crippen LogP contribution in [0.5, 0.6) is 23.0 Å². The molecule has 15 heteroatoms. The Morgan fingerprint density at radius 1 is 1.17 bits per heavy atom. The minimum atomic E-state index is -4.79. The number of ether oxygens (including phenoxy) is 3. The van der Waals surface area contributed by atoms with E-state index in [4.69, 9.17) is 24.0 Å². The molecule has 2 aromatic carbocycles. The zero-order chi connectivity index (χ0) is 22.6. The zero-order valence-electron chi connectivity index (χ0n) is 18.3. The molecule has 12 nitrogen and oxygen atoms in total. The summed E-state index contributed by atoms with van der Waals surface area (Å²) in [6.07, 6.45) is 3.48. The van der Waals surface area contributed by atoms with Gasteiger partial charge in [0.1, 0.15) is 5.75 Å². The molecular weight excluding hydrogens is 518 g/mol. The molecule has 8 N–H and O–H groups in total. The van der Waals surface area contributed by atoms with Crippen molar-refractivity contribution in [2.24, 2.45) is 0 Å². The molecule has 1 aliphatic rings. The first-order chi connectivity index (χ1) is 14.7. The van der Waals surface area contributed by atoms with E-state index in [1.807, 2.05) is 6.92 Å². The SMILES string of the molecule is CCCOc1cc2c(cc1C(=O)/C=C/c1ccc(OC)c(OP(=O)(O)O)c1)OC[S+]2[O-].O.O.O.[NaH]. The molecule has 0 amide bonds. The number of methoxy groups -OCH3 is 1. The van der Waals surface area contributed by atoms with Crippen LogP contribution >= 0.6 is 7.82 Å². The summed E-state index contributed by atoms with van der Waals surface area (Å²) < 4.78 is 43.9. The Bertz CT molecular complexity index is 1060. The molecule has 0 spiro atoms. The molecule has 0 saturated carbocycles. The van der Waals surface area contributed by atoms with E-state index >= 15 is 0 Å². The maximum atomic E-state index is 12.8. The normalized spacial score (nSPS) is 13.7. The Hall–Kier alpha value is -1.61. The molecule has 1 unspecified atom stereocenters. The molecular formula is C20H28NaO12PS. The van der Waals surface area contributed by atoms with Gasteiger partial charge in [-0.2, -0.15) is 0 Å². The van der Waals surface area contributed by atoms with Gasteiger partial charge in [-0.1, -0.05) is 19.1 Å². The molecule has 2 aromatic rings. The maximum absolute atomic E-state index is 12.8. The van der Waals surface area contributed by atoms with E-state index < -0.39 is 19.0 Å². The second-order valence-electron chi connectivity index (χ2n) is 6.44. The van der Waals surface area contributed by atoms with Crippen LogP contribution < -0.4 is 18.7 Å². The molecule has 0 bridgehead atoms. The third kappa shape index (κ3) is 9.41. The number of fused-ring (bicyclic) bond motifs is 1. The summed E-state index contributed by atoms with van der Waals surface area (Å²) >= 11 is -1.30. The van der Waals surface area contributed by atoms with Crippen LogP contribution in [-0.4, -0.2) is 85.8 Å². The average Bonchev–Trinajstić information content (AvgIpc) is 3.08. The summed E-state index contributed by atoms with van der Waals surface area (Å²) in [5.74, 6) is 0.305. The van der Waals surface area contributed by atoms with Crippen molar-refractivity contribution in [3.05, 3.63) is 47.5 Å². The number of allylic oxidation sites excluding steroid dienone is 1. The summed E-state index contributed by atoms with van der Waals surface area (Å²) in [6.45, 7) is 2.31. The standard InChI is InChI=1S/C20H21O9PS.Na.3H2O.H/c1-3-8-27-17-11-20-19(28-12-31(20)25)10-14(17)15(21)6-4-13-5-7-16(26-2)18(9-13)29-30(22,23)24;;;;;/h4-7,9-11H,3,8,12H2,1-2H3,(H2,22,23,24);;3*1H2;/b6-4+;;;;;. The van der Waals surface area contributed by atoms with Crippen LogP contribution in [0, 0.1) is 0 Å². The first kappa shape index (κ1) is 35.6. The van der Waals surface area contributed by atoms with Crippen LogP contribution in [-0.2, 0) is 15.7 Å². The number of benzene rings is 2. The summed E-state index contributed by atoms with van der Waals surface area (Å²) in [5, 5.41) is 0. The van der Waals surface area contributed by atoms with Gasteiger partial charge < -0.3 is 39.7 Å². The van der Waals surface area contributed by atoms with Gasteiger partial charge >= 0.3 is 37.4 Å². The second kappa shape index (κ2) is 15.5. The Morgan fingerprint density at radius 2 is 1.86 bits per heavy atom. The van der Waals surface area contributed by atoms with Crippen molar-refractivity contribution >= 4 is 60.4 Å². The average molecular weight is 546 g/mol. The third-order valence-corrected chi connectivity index (χ3v) is 5.75. The van der Waals surface area contributed by atoms with Gasteiger partial charge in [0.05, 0.1) is 19.3 Å². The Kier molecular flexibility index (Phi) is 15.7. The van der Waals surface area contributed by atoms with Crippen LogP contribution in [0.3, 0.4) is 0 Å². The van der Waals surface area contributed by atoms with Crippen molar-refractivity contribution in [1.29, 1.82) is 0 Å². The number of carbonyl (C=O) groups is 1. The zero-order valence-corrected chi connectivity index (χ0v) is 20.0. The number of rotatable bonds is 9. The number of phosphoric acid groups is 1. The molecule has 192 valence electrons. The third-order valence-electron chi connectivity index (χ3n) is 4.17. The quantitative estimate of drug-likeness (QED) is 0.143. The fraction of sp³-hybridized carbons (Fsp3) is 0.250. The molecule has 3 rings (SSSR count). The number of ketones is 1. The molecule has 0 aromatic heterocycles. The fourth-order valence-corrected chi connectivity index (χ4v) is 4.14. The molecule has 1 heterocycles. The Balaban J connectivity index is 0. The predicted octanol–water partition coefficient (Wildman–Crippen LogP) is 0.187. The van der Waals surface area contributed by atoms with Gasteiger partial charge in [0.2, 0.25) is 4.90 Å². The van der Waals surface area contributed by atoms with Gasteiger partial charge in [-0.3, -0.25) is 14.6 Å². The van der Waals surface area contributed by atoms with Crippen LogP contribution in [0.1, 0.15) is 29.3 Å². The number of hydrogen-bond donors (Lipinski definition) is 2. The Labute approximate surface area is 226 Å². The molecule has 35 heavy (non-hydrogen) atoms. The first-order valence-electron chi connectivity index (χ1n) is 9.19. The first-order valence-corrected chi connectivity index (χ1v) is 12.0. The number of hydrogen-bond acceptors (Lipinski definition) is 7. The molecule has 1 aliphatic heterocycles. The van der Waals surface area contributed by atoms with Crippen LogP contribution in [0.4, 0.5) is 0 Å². The fourth-order valence-electron chi connectivity index (χ4n) is 2.79. The van der Waals surface area contributed by atoms with Gasteiger partial charge in [0.15, 0.2) is 23.0 Å². The van der Waals surface area contributed by atoms with E-state index in [1.54, 1.807) is 12.1 Å². The van der Waals surface area contributed by atoms with Crippen molar-refractivity contribution in [1.82, 2.24) is 0 Å². The monoisotopic (exact) mass is 546 g/mol. The predicted molar refractivity (Wildman–Crippen MR) is 131 cm³/mol. The number of phosphoric ester groups is 1. The summed E-state index contributed by atoms with van der Waals surface area (Å²) in [6, 6.07) is 7.47. The van der Waals surface area contributed by atoms with Crippen molar-refractivity contribution in [3.8, 4) is 23.0 Å².